The molecule has 106 valence electrons. The first kappa shape index (κ1) is 14.7. The third-order valence-corrected chi connectivity index (χ3v) is 4.55. The summed E-state index contributed by atoms with van der Waals surface area (Å²) in [5.41, 5.74) is 2.88. The van der Waals surface area contributed by atoms with Crippen molar-refractivity contribution in [3.8, 4) is 11.1 Å². The zero-order valence-corrected chi connectivity index (χ0v) is 12.6. The minimum atomic E-state index is -3.43. The zero-order chi connectivity index (χ0) is 14.8. The Balaban J connectivity index is 2.34. The lowest BCUT2D eigenvalue weighted by molar-refractivity contribution is 0.570. The summed E-state index contributed by atoms with van der Waals surface area (Å²) in [6.07, 6.45) is 1.74. The number of aryl methyl sites for hydroxylation is 1. The van der Waals surface area contributed by atoms with Crippen molar-refractivity contribution in [3.05, 3.63) is 48.3 Å². The Morgan fingerprint density at radius 3 is 2.30 bits per heavy atom. The molecule has 0 amide bonds. The highest BCUT2D eigenvalue weighted by Crippen LogP contribution is 2.23. The predicted molar refractivity (Wildman–Crippen MR) is 79.9 cm³/mol. The molecule has 1 heterocycles. The van der Waals surface area contributed by atoms with Crippen LogP contribution in [0.5, 0.6) is 0 Å². The summed E-state index contributed by atoms with van der Waals surface area (Å²) in [6.45, 7) is 5.52. The normalized spacial score (nSPS) is 11.8. The first-order valence-corrected chi connectivity index (χ1v) is 7.93. The number of nitrogens with zero attached hydrogens (tertiary/aromatic N) is 1. The lowest BCUT2D eigenvalue weighted by atomic mass is 10.1. The summed E-state index contributed by atoms with van der Waals surface area (Å²) < 4.78 is 26.6. The molecule has 0 bridgehead atoms. The van der Waals surface area contributed by atoms with Gasteiger partial charge in [-0.1, -0.05) is 18.2 Å². The van der Waals surface area contributed by atoms with E-state index in [1.807, 2.05) is 19.1 Å². The van der Waals surface area contributed by atoms with E-state index in [1.165, 1.54) is 0 Å². The van der Waals surface area contributed by atoms with Gasteiger partial charge in [0.05, 0.1) is 4.90 Å². The van der Waals surface area contributed by atoms with E-state index in [-0.39, 0.29) is 10.9 Å². The molecule has 1 N–H and O–H groups in total. The number of aromatic nitrogens is 1. The van der Waals surface area contributed by atoms with Gasteiger partial charge < -0.3 is 0 Å². The Bertz CT molecular complexity index is 692. The molecule has 0 unspecified atom stereocenters. The van der Waals surface area contributed by atoms with Crippen molar-refractivity contribution in [3.63, 3.8) is 0 Å². The van der Waals surface area contributed by atoms with Crippen molar-refractivity contribution in [1.29, 1.82) is 0 Å². The number of rotatable bonds is 4. The van der Waals surface area contributed by atoms with Gasteiger partial charge >= 0.3 is 0 Å². The average molecular weight is 290 g/mol. The van der Waals surface area contributed by atoms with Crippen LogP contribution in [0.4, 0.5) is 0 Å². The lowest BCUT2D eigenvalue weighted by Crippen LogP contribution is -2.30. The predicted octanol–water partition coefficient (Wildman–Crippen LogP) is 2.74. The fourth-order valence-corrected chi connectivity index (χ4v) is 3.23. The smallest absolute Gasteiger partial charge is 0.240 e. The standard InChI is InChI=1S/C15H18N2O2S/c1-11(2)17-20(18,19)14-8-6-13(7-9-14)15-5-4-10-16-12(15)3/h4-11,17H,1-3H3. The monoisotopic (exact) mass is 290 g/mol. The number of nitrogens with one attached hydrogen (secondary N) is 1. The summed E-state index contributed by atoms with van der Waals surface area (Å²) in [7, 11) is -3.43. The average Bonchev–Trinajstić information content (AvgIpc) is 2.38. The maximum absolute atomic E-state index is 12.0. The number of pyridine rings is 1. The molecular weight excluding hydrogens is 272 g/mol. The van der Waals surface area contributed by atoms with Crippen LogP contribution in [0.25, 0.3) is 11.1 Å². The number of sulfonamides is 1. The number of hydrogen-bond acceptors (Lipinski definition) is 3. The minimum Gasteiger partial charge on any atom is -0.261 e. The van der Waals surface area contributed by atoms with Gasteiger partial charge in [-0.3, -0.25) is 4.98 Å². The van der Waals surface area contributed by atoms with Gasteiger partial charge in [-0.15, -0.1) is 0 Å². The summed E-state index contributed by atoms with van der Waals surface area (Å²) in [5, 5.41) is 0. The van der Waals surface area contributed by atoms with E-state index in [4.69, 9.17) is 0 Å². The van der Waals surface area contributed by atoms with Crippen LogP contribution in [0.3, 0.4) is 0 Å². The van der Waals surface area contributed by atoms with E-state index in [9.17, 15) is 8.42 Å². The first-order valence-electron chi connectivity index (χ1n) is 6.44. The SMILES string of the molecule is Cc1ncccc1-c1ccc(S(=O)(=O)NC(C)C)cc1. The maximum atomic E-state index is 12.0. The molecule has 2 rings (SSSR count). The Morgan fingerprint density at radius 1 is 1.10 bits per heavy atom. The molecule has 5 heteroatoms. The molecule has 0 spiro atoms. The summed E-state index contributed by atoms with van der Waals surface area (Å²) in [5.74, 6) is 0. The van der Waals surface area contributed by atoms with E-state index < -0.39 is 10.0 Å². The summed E-state index contributed by atoms with van der Waals surface area (Å²) in [6, 6.07) is 10.6. The van der Waals surface area contributed by atoms with Gasteiger partial charge in [0, 0.05) is 23.5 Å². The highest BCUT2D eigenvalue weighted by Gasteiger charge is 2.15. The first-order chi connectivity index (χ1) is 9.40. The van der Waals surface area contributed by atoms with Crippen molar-refractivity contribution < 1.29 is 8.42 Å². The zero-order valence-electron chi connectivity index (χ0n) is 11.8. The molecule has 0 aliphatic heterocycles. The van der Waals surface area contributed by atoms with Crippen LogP contribution in [-0.2, 0) is 10.0 Å². The van der Waals surface area contributed by atoms with Gasteiger partial charge in [-0.2, -0.15) is 0 Å². The molecule has 0 saturated carbocycles. The largest absolute Gasteiger partial charge is 0.261 e. The topological polar surface area (TPSA) is 59.1 Å². The Labute approximate surface area is 119 Å². The van der Waals surface area contributed by atoms with Crippen LogP contribution >= 0.6 is 0 Å². The van der Waals surface area contributed by atoms with Crippen LogP contribution in [-0.4, -0.2) is 19.4 Å². The van der Waals surface area contributed by atoms with Gasteiger partial charge in [0.1, 0.15) is 0 Å². The second-order valence-electron chi connectivity index (χ2n) is 4.94. The van der Waals surface area contributed by atoms with Gasteiger partial charge in [-0.05, 0) is 44.5 Å². The molecule has 0 fully saturated rings. The molecule has 20 heavy (non-hydrogen) atoms. The minimum absolute atomic E-state index is 0.125. The quantitative estimate of drug-likeness (QED) is 0.942. The van der Waals surface area contributed by atoms with Gasteiger partial charge in [-0.25, -0.2) is 13.1 Å². The third-order valence-electron chi connectivity index (χ3n) is 2.87. The molecule has 1 aromatic heterocycles. The van der Waals surface area contributed by atoms with Crippen molar-refractivity contribution in [2.24, 2.45) is 0 Å². The van der Waals surface area contributed by atoms with Gasteiger partial charge in [0.15, 0.2) is 0 Å². The molecule has 0 atom stereocenters. The lowest BCUT2D eigenvalue weighted by Gasteiger charge is -2.10. The third kappa shape index (κ3) is 3.23. The molecule has 2 aromatic rings. The summed E-state index contributed by atoms with van der Waals surface area (Å²) in [4.78, 5) is 4.51. The van der Waals surface area contributed by atoms with E-state index in [0.29, 0.717) is 0 Å². The fraction of sp³-hybridized carbons (Fsp3) is 0.267. The maximum Gasteiger partial charge on any atom is 0.240 e. The molecule has 0 saturated heterocycles. The Hall–Kier alpha value is -1.72. The van der Waals surface area contributed by atoms with Crippen molar-refractivity contribution in [1.82, 2.24) is 9.71 Å². The van der Waals surface area contributed by atoms with Crippen molar-refractivity contribution in [2.75, 3.05) is 0 Å². The molecule has 1 aromatic carbocycles. The highest BCUT2D eigenvalue weighted by molar-refractivity contribution is 7.89. The molecule has 4 nitrogen and oxygen atoms in total. The van der Waals surface area contributed by atoms with E-state index >= 15 is 0 Å². The van der Waals surface area contributed by atoms with Gasteiger partial charge in [0.25, 0.3) is 0 Å². The van der Waals surface area contributed by atoms with E-state index in [1.54, 1.807) is 44.3 Å². The number of benzene rings is 1. The molecular formula is C15H18N2O2S. The second kappa shape index (κ2) is 5.73. The molecule has 0 aliphatic carbocycles. The van der Waals surface area contributed by atoms with E-state index in [0.717, 1.165) is 16.8 Å². The fourth-order valence-electron chi connectivity index (χ4n) is 1.98. The van der Waals surface area contributed by atoms with Crippen LogP contribution in [0.2, 0.25) is 0 Å². The van der Waals surface area contributed by atoms with Crippen LogP contribution in [0.15, 0.2) is 47.5 Å². The Morgan fingerprint density at radius 2 is 1.75 bits per heavy atom. The summed E-state index contributed by atoms with van der Waals surface area (Å²) >= 11 is 0. The van der Waals surface area contributed by atoms with Crippen LogP contribution < -0.4 is 4.72 Å². The van der Waals surface area contributed by atoms with Crippen molar-refractivity contribution in [2.45, 2.75) is 31.7 Å². The number of hydrogen-bond donors (Lipinski definition) is 1. The van der Waals surface area contributed by atoms with Crippen LogP contribution in [0.1, 0.15) is 19.5 Å². The molecule has 0 aliphatic rings. The second-order valence-corrected chi connectivity index (χ2v) is 6.65. The van der Waals surface area contributed by atoms with Crippen LogP contribution in [0, 0.1) is 6.92 Å². The highest BCUT2D eigenvalue weighted by atomic mass is 32.2. The van der Waals surface area contributed by atoms with Crippen molar-refractivity contribution >= 4 is 10.0 Å². The Kier molecular flexibility index (Phi) is 4.20. The molecule has 0 radical (unpaired) electrons. The van der Waals surface area contributed by atoms with E-state index in [2.05, 4.69) is 9.71 Å². The van der Waals surface area contributed by atoms with Gasteiger partial charge in [0.2, 0.25) is 10.0 Å².